The molecule has 26 heavy (non-hydrogen) atoms. The molecule has 0 fully saturated rings. The minimum atomic E-state index is -0.882. The van der Waals surface area contributed by atoms with Gasteiger partial charge >= 0.3 is 5.97 Å². The van der Waals surface area contributed by atoms with E-state index in [-0.39, 0.29) is 17.7 Å². The van der Waals surface area contributed by atoms with Crippen LogP contribution in [0.3, 0.4) is 0 Å². The second kappa shape index (κ2) is 8.25. The van der Waals surface area contributed by atoms with E-state index in [0.717, 1.165) is 11.6 Å². The van der Waals surface area contributed by atoms with Gasteiger partial charge in [0.05, 0.1) is 23.0 Å². The lowest BCUT2D eigenvalue weighted by atomic mass is 10.1. The molecule has 0 heterocycles. The maximum absolute atomic E-state index is 11.9. The van der Waals surface area contributed by atoms with Crippen molar-refractivity contribution in [3.63, 3.8) is 0 Å². The molecule has 0 saturated heterocycles. The van der Waals surface area contributed by atoms with Crippen LogP contribution in [0.15, 0.2) is 42.5 Å². The summed E-state index contributed by atoms with van der Waals surface area (Å²) in [6, 6.07) is 12.1. The van der Waals surface area contributed by atoms with Gasteiger partial charge in [0, 0.05) is 11.8 Å². The second-order valence-corrected chi connectivity index (χ2v) is 5.19. The summed E-state index contributed by atoms with van der Waals surface area (Å²) in [4.78, 5) is 33.8. The highest BCUT2D eigenvalue weighted by Gasteiger charge is 2.17. The zero-order valence-electron chi connectivity index (χ0n) is 13.5. The lowest BCUT2D eigenvalue weighted by Crippen LogP contribution is -2.21. The van der Waals surface area contributed by atoms with E-state index >= 15 is 0 Å². The minimum Gasteiger partial charge on any atom is -0.452 e. The summed E-state index contributed by atoms with van der Waals surface area (Å²) in [6.07, 6.45) is 0.263. The van der Waals surface area contributed by atoms with Crippen LogP contribution in [0.1, 0.15) is 15.9 Å². The third-order valence-electron chi connectivity index (χ3n) is 3.32. The fraction of sp³-hybridized carbons (Fsp3) is 0.118. The fourth-order valence-electron chi connectivity index (χ4n) is 2.04. The molecule has 0 radical (unpaired) electrons. The van der Waals surface area contributed by atoms with Crippen LogP contribution in [0.2, 0.25) is 0 Å². The third-order valence-corrected chi connectivity index (χ3v) is 3.32. The van der Waals surface area contributed by atoms with Gasteiger partial charge in [0.25, 0.3) is 11.6 Å². The van der Waals surface area contributed by atoms with E-state index in [1.165, 1.54) is 12.1 Å². The number of anilines is 2. The minimum absolute atomic E-state index is 0.0795. The van der Waals surface area contributed by atoms with Crippen LogP contribution in [0.25, 0.3) is 0 Å². The van der Waals surface area contributed by atoms with Gasteiger partial charge in [-0.25, -0.2) is 4.79 Å². The van der Waals surface area contributed by atoms with Crippen LogP contribution in [0, 0.1) is 21.4 Å². The Morgan fingerprint density at radius 2 is 1.92 bits per heavy atom. The Kier molecular flexibility index (Phi) is 5.84. The van der Waals surface area contributed by atoms with E-state index in [1.54, 1.807) is 24.3 Å². The summed E-state index contributed by atoms with van der Waals surface area (Å²) < 4.78 is 4.84. The lowest BCUT2D eigenvalue weighted by Gasteiger charge is -2.07. The van der Waals surface area contributed by atoms with Crippen molar-refractivity contribution in [3.8, 4) is 6.07 Å². The number of nitrogen functional groups attached to an aromatic ring is 1. The number of hydrogen-bond acceptors (Lipinski definition) is 7. The van der Waals surface area contributed by atoms with E-state index in [1.807, 2.05) is 6.07 Å². The highest BCUT2D eigenvalue weighted by Crippen LogP contribution is 2.22. The van der Waals surface area contributed by atoms with Crippen molar-refractivity contribution in [1.82, 2.24) is 0 Å². The fourth-order valence-corrected chi connectivity index (χ4v) is 2.04. The maximum Gasteiger partial charge on any atom is 0.338 e. The molecule has 3 N–H and O–H groups in total. The van der Waals surface area contributed by atoms with E-state index < -0.39 is 29.1 Å². The molecule has 0 aliphatic carbocycles. The van der Waals surface area contributed by atoms with Crippen molar-refractivity contribution in [1.29, 1.82) is 5.26 Å². The zero-order chi connectivity index (χ0) is 19.1. The molecule has 9 heteroatoms. The number of nitrogens with two attached hydrogens (primary N) is 1. The molecule has 0 bridgehead atoms. The number of rotatable bonds is 6. The average molecular weight is 354 g/mol. The first kappa shape index (κ1) is 18.4. The van der Waals surface area contributed by atoms with Gasteiger partial charge in [-0.1, -0.05) is 12.1 Å². The number of benzene rings is 2. The standard InChI is InChI=1S/C17H14N4O5/c18-8-7-11-1-4-13(5-2-11)20-16(22)10-26-17(23)12-3-6-14(19)15(9-12)21(24)25/h1-6,9H,7,10,19H2,(H,20,22). The number of hydrogen-bond donors (Lipinski definition) is 2. The summed E-state index contributed by atoms with van der Waals surface area (Å²) in [6.45, 7) is -0.559. The number of nitriles is 1. The number of nitrogens with one attached hydrogen (secondary N) is 1. The number of nitro benzene ring substituents is 1. The Hall–Kier alpha value is -3.93. The molecule has 0 unspecified atom stereocenters. The van der Waals surface area contributed by atoms with Gasteiger partial charge in [-0.15, -0.1) is 0 Å². The van der Waals surface area contributed by atoms with Gasteiger partial charge in [0.2, 0.25) is 0 Å². The van der Waals surface area contributed by atoms with Crippen molar-refractivity contribution >= 4 is 28.9 Å². The predicted octanol–water partition coefficient (Wildman–Crippen LogP) is 2.04. The lowest BCUT2D eigenvalue weighted by molar-refractivity contribution is -0.383. The smallest absolute Gasteiger partial charge is 0.338 e. The van der Waals surface area contributed by atoms with Gasteiger partial charge < -0.3 is 15.8 Å². The zero-order valence-corrected chi connectivity index (χ0v) is 13.5. The van der Waals surface area contributed by atoms with Crippen molar-refractivity contribution in [3.05, 3.63) is 63.7 Å². The van der Waals surface area contributed by atoms with Crippen LogP contribution in [0.5, 0.6) is 0 Å². The molecule has 2 aromatic carbocycles. The second-order valence-electron chi connectivity index (χ2n) is 5.19. The molecular formula is C17H14N4O5. The quantitative estimate of drug-likeness (QED) is 0.349. The molecule has 0 saturated carbocycles. The van der Waals surface area contributed by atoms with Crippen LogP contribution in [-0.2, 0) is 16.0 Å². The van der Waals surface area contributed by atoms with Gasteiger partial charge in [-0.2, -0.15) is 5.26 Å². The summed E-state index contributed by atoms with van der Waals surface area (Å²) >= 11 is 0. The Labute approximate surface area is 148 Å². The van der Waals surface area contributed by atoms with Gasteiger partial charge in [0.1, 0.15) is 5.69 Å². The normalized spacial score (nSPS) is 9.81. The molecular weight excluding hydrogens is 340 g/mol. The highest BCUT2D eigenvalue weighted by atomic mass is 16.6. The Morgan fingerprint density at radius 1 is 1.23 bits per heavy atom. The predicted molar refractivity (Wildman–Crippen MR) is 92.2 cm³/mol. The van der Waals surface area contributed by atoms with Crippen LogP contribution in [-0.4, -0.2) is 23.4 Å². The SMILES string of the molecule is N#CCc1ccc(NC(=O)COC(=O)c2ccc(N)c([N+](=O)[O-])c2)cc1. The van der Waals surface area contributed by atoms with Crippen LogP contribution >= 0.6 is 0 Å². The summed E-state index contributed by atoms with van der Waals surface area (Å²) in [7, 11) is 0. The number of carbonyl (C=O) groups excluding carboxylic acids is 2. The average Bonchev–Trinajstić information content (AvgIpc) is 2.61. The molecule has 1 amide bonds. The number of ether oxygens (including phenoxy) is 1. The monoisotopic (exact) mass is 354 g/mol. The Morgan fingerprint density at radius 3 is 2.54 bits per heavy atom. The highest BCUT2D eigenvalue weighted by molar-refractivity contribution is 5.96. The Balaban J connectivity index is 1.92. The van der Waals surface area contributed by atoms with Crippen molar-refractivity contribution in [2.24, 2.45) is 0 Å². The van der Waals surface area contributed by atoms with Crippen molar-refractivity contribution in [2.45, 2.75) is 6.42 Å². The largest absolute Gasteiger partial charge is 0.452 e. The summed E-state index contributed by atoms with van der Waals surface area (Å²) in [5.74, 6) is -1.45. The van der Waals surface area contributed by atoms with Crippen LogP contribution < -0.4 is 11.1 Å². The molecule has 2 aromatic rings. The Bertz CT molecular complexity index is 887. The molecule has 0 aliphatic rings. The first-order valence-electron chi connectivity index (χ1n) is 7.37. The summed E-state index contributed by atoms with van der Waals surface area (Å²) in [5.41, 5.74) is 6.16. The van der Waals surface area contributed by atoms with E-state index in [9.17, 15) is 19.7 Å². The number of amides is 1. The topological polar surface area (TPSA) is 148 Å². The van der Waals surface area contributed by atoms with Gasteiger partial charge in [-0.3, -0.25) is 14.9 Å². The third kappa shape index (κ3) is 4.78. The molecule has 0 aliphatic heterocycles. The molecule has 9 nitrogen and oxygen atoms in total. The molecule has 0 spiro atoms. The van der Waals surface area contributed by atoms with Crippen molar-refractivity contribution < 1.29 is 19.2 Å². The van der Waals surface area contributed by atoms with Gasteiger partial charge in [-0.05, 0) is 29.8 Å². The van der Waals surface area contributed by atoms with E-state index in [4.69, 9.17) is 15.7 Å². The molecule has 132 valence electrons. The first-order valence-corrected chi connectivity index (χ1v) is 7.37. The van der Waals surface area contributed by atoms with Crippen molar-refractivity contribution in [2.75, 3.05) is 17.7 Å². The van der Waals surface area contributed by atoms with Gasteiger partial charge in [0.15, 0.2) is 6.61 Å². The molecule has 0 atom stereocenters. The molecule has 0 aromatic heterocycles. The summed E-state index contributed by atoms with van der Waals surface area (Å²) in [5, 5.41) is 22.0. The maximum atomic E-state index is 11.9. The number of carbonyl (C=O) groups is 2. The number of nitro groups is 1. The van der Waals surface area contributed by atoms with Crippen LogP contribution in [0.4, 0.5) is 17.1 Å². The van der Waals surface area contributed by atoms with E-state index in [0.29, 0.717) is 5.69 Å². The number of esters is 1. The first-order chi connectivity index (χ1) is 12.4. The molecule has 2 rings (SSSR count). The number of nitrogens with zero attached hydrogens (tertiary/aromatic N) is 2. The van der Waals surface area contributed by atoms with E-state index in [2.05, 4.69) is 5.32 Å².